The van der Waals surface area contributed by atoms with E-state index < -0.39 is 0 Å². The number of alkyl halides is 1. The van der Waals surface area contributed by atoms with Gasteiger partial charge in [0.15, 0.2) is 0 Å². The van der Waals surface area contributed by atoms with Crippen molar-refractivity contribution in [2.45, 2.75) is 33.1 Å². The Morgan fingerprint density at radius 3 is 2.27 bits per heavy atom. The summed E-state index contributed by atoms with van der Waals surface area (Å²) in [4.78, 5) is 0. The van der Waals surface area contributed by atoms with Gasteiger partial charge in [-0.1, -0.05) is 22.0 Å². The first-order valence-corrected chi connectivity index (χ1v) is 6.61. The molecule has 2 heteroatoms. The van der Waals surface area contributed by atoms with Gasteiger partial charge in [0.2, 0.25) is 0 Å². The molecule has 1 aromatic rings. The lowest BCUT2D eigenvalue weighted by Gasteiger charge is -2.07. The van der Waals surface area contributed by atoms with E-state index in [0.717, 1.165) is 24.1 Å². The molecule has 15 heavy (non-hydrogen) atoms. The molecule has 0 N–H and O–H groups in total. The maximum absolute atomic E-state index is 5.70. The zero-order chi connectivity index (χ0) is 11.1. The highest BCUT2D eigenvalue weighted by Gasteiger charge is 1.96. The van der Waals surface area contributed by atoms with E-state index in [2.05, 4.69) is 48.0 Å². The first-order valence-electron chi connectivity index (χ1n) is 5.49. The molecule has 0 heterocycles. The van der Waals surface area contributed by atoms with Crippen LogP contribution in [-0.2, 0) is 0 Å². The molecule has 1 nitrogen and oxygen atoms in total. The van der Waals surface area contributed by atoms with Gasteiger partial charge in [-0.3, -0.25) is 0 Å². The molecule has 0 aliphatic heterocycles. The highest BCUT2D eigenvalue weighted by Crippen LogP contribution is 2.16. The lowest BCUT2D eigenvalue weighted by Crippen LogP contribution is -1.98. The van der Waals surface area contributed by atoms with Crippen molar-refractivity contribution in [3.8, 4) is 5.75 Å². The number of halogens is 1. The zero-order valence-electron chi connectivity index (χ0n) is 9.55. The fourth-order valence-corrected chi connectivity index (χ4v) is 1.98. The average molecular weight is 271 g/mol. The molecule has 0 atom stereocenters. The molecule has 0 unspecified atom stereocenters. The van der Waals surface area contributed by atoms with E-state index in [-0.39, 0.29) is 0 Å². The molecule has 84 valence electrons. The maximum Gasteiger partial charge on any atom is 0.119 e. The molecular formula is C13H19BrO. The van der Waals surface area contributed by atoms with E-state index in [4.69, 9.17) is 4.74 Å². The molecule has 0 bridgehead atoms. The van der Waals surface area contributed by atoms with Crippen molar-refractivity contribution in [2.24, 2.45) is 0 Å². The first kappa shape index (κ1) is 12.6. The molecule has 0 spiro atoms. The Labute approximate surface area is 101 Å². The van der Waals surface area contributed by atoms with Crippen LogP contribution in [0.2, 0.25) is 0 Å². The van der Waals surface area contributed by atoms with E-state index >= 15 is 0 Å². The van der Waals surface area contributed by atoms with E-state index in [1.165, 1.54) is 24.0 Å². The summed E-state index contributed by atoms with van der Waals surface area (Å²) in [6.07, 6.45) is 3.60. The van der Waals surface area contributed by atoms with Crippen LogP contribution in [-0.4, -0.2) is 11.9 Å². The molecule has 0 aliphatic carbocycles. The van der Waals surface area contributed by atoms with Gasteiger partial charge in [0.05, 0.1) is 6.61 Å². The fraction of sp³-hybridized carbons (Fsp3) is 0.538. The van der Waals surface area contributed by atoms with Crippen molar-refractivity contribution in [1.82, 2.24) is 0 Å². The second-order valence-corrected chi connectivity index (χ2v) is 4.71. The SMILES string of the molecule is Cc1cc(C)cc(OCCCCCBr)c1. The smallest absolute Gasteiger partial charge is 0.119 e. The molecule has 0 aromatic heterocycles. The minimum absolute atomic E-state index is 0.829. The predicted molar refractivity (Wildman–Crippen MR) is 69.1 cm³/mol. The quantitative estimate of drug-likeness (QED) is 0.555. The van der Waals surface area contributed by atoms with E-state index in [1.807, 2.05) is 0 Å². The Bertz CT molecular complexity index is 276. The van der Waals surface area contributed by atoms with Crippen LogP contribution < -0.4 is 4.74 Å². The fourth-order valence-electron chi connectivity index (χ4n) is 1.58. The number of ether oxygens (including phenoxy) is 1. The first-order chi connectivity index (χ1) is 7.22. The lowest BCUT2D eigenvalue weighted by molar-refractivity contribution is 0.306. The number of hydrogen-bond donors (Lipinski definition) is 0. The van der Waals surface area contributed by atoms with Crippen LogP contribution in [0.25, 0.3) is 0 Å². The molecule has 0 saturated carbocycles. The van der Waals surface area contributed by atoms with Gasteiger partial charge >= 0.3 is 0 Å². The highest BCUT2D eigenvalue weighted by atomic mass is 79.9. The predicted octanol–water partition coefficient (Wildman–Crippen LogP) is 4.25. The van der Waals surface area contributed by atoms with Crippen LogP contribution >= 0.6 is 15.9 Å². The van der Waals surface area contributed by atoms with Crippen LogP contribution in [0.3, 0.4) is 0 Å². The summed E-state index contributed by atoms with van der Waals surface area (Å²) in [5, 5.41) is 1.09. The monoisotopic (exact) mass is 270 g/mol. The van der Waals surface area contributed by atoms with Crippen LogP contribution in [0.4, 0.5) is 0 Å². The highest BCUT2D eigenvalue weighted by molar-refractivity contribution is 9.09. The maximum atomic E-state index is 5.70. The summed E-state index contributed by atoms with van der Waals surface area (Å²) >= 11 is 3.42. The Morgan fingerprint density at radius 1 is 1.00 bits per heavy atom. The van der Waals surface area contributed by atoms with Crippen molar-refractivity contribution in [3.63, 3.8) is 0 Å². The van der Waals surface area contributed by atoms with Gasteiger partial charge in [-0.15, -0.1) is 0 Å². The number of rotatable bonds is 6. The van der Waals surface area contributed by atoms with Crippen molar-refractivity contribution < 1.29 is 4.74 Å². The summed E-state index contributed by atoms with van der Waals surface area (Å²) in [5.41, 5.74) is 2.54. The van der Waals surface area contributed by atoms with Gasteiger partial charge in [0.1, 0.15) is 5.75 Å². The van der Waals surface area contributed by atoms with Crippen molar-refractivity contribution in [3.05, 3.63) is 29.3 Å². The van der Waals surface area contributed by atoms with Crippen LogP contribution in [0.5, 0.6) is 5.75 Å². The Hall–Kier alpha value is -0.500. The average Bonchev–Trinajstić information content (AvgIpc) is 2.16. The van der Waals surface area contributed by atoms with E-state index in [1.54, 1.807) is 0 Å². The van der Waals surface area contributed by atoms with Crippen molar-refractivity contribution in [2.75, 3.05) is 11.9 Å². The Morgan fingerprint density at radius 2 is 1.67 bits per heavy atom. The van der Waals surface area contributed by atoms with Gasteiger partial charge in [0, 0.05) is 5.33 Å². The summed E-state index contributed by atoms with van der Waals surface area (Å²) in [6, 6.07) is 6.35. The molecule has 0 fully saturated rings. The second kappa shape index (κ2) is 6.89. The third-order valence-electron chi connectivity index (χ3n) is 2.24. The van der Waals surface area contributed by atoms with Gasteiger partial charge in [0.25, 0.3) is 0 Å². The number of hydrogen-bond acceptors (Lipinski definition) is 1. The Kier molecular flexibility index (Phi) is 5.77. The molecule has 0 saturated heterocycles. The summed E-state index contributed by atoms with van der Waals surface area (Å²) in [7, 11) is 0. The lowest BCUT2D eigenvalue weighted by atomic mass is 10.1. The minimum Gasteiger partial charge on any atom is -0.494 e. The van der Waals surface area contributed by atoms with Gasteiger partial charge < -0.3 is 4.74 Å². The molecule has 0 radical (unpaired) electrons. The zero-order valence-corrected chi connectivity index (χ0v) is 11.1. The minimum atomic E-state index is 0.829. The molecule has 0 amide bonds. The van der Waals surface area contributed by atoms with Crippen LogP contribution in [0, 0.1) is 13.8 Å². The number of benzene rings is 1. The standard InChI is InChI=1S/C13H19BrO/c1-11-8-12(2)10-13(9-11)15-7-5-3-4-6-14/h8-10H,3-7H2,1-2H3. The van der Waals surface area contributed by atoms with Crippen LogP contribution in [0.15, 0.2) is 18.2 Å². The number of unbranched alkanes of at least 4 members (excludes halogenated alkanes) is 2. The number of aryl methyl sites for hydroxylation is 2. The topological polar surface area (TPSA) is 9.23 Å². The summed E-state index contributed by atoms with van der Waals surface area (Å²) < 4.78 is 5.70. The second-order valence-electron chi connectivity index (χ2n) is 3.92. The summed E-state index contributed by atoms with van der Waals surface area (Å²) in [6.45, 7) is 5.03. The molecule has 1 rings (SSSR count). The summed E-state index contributed by atoms with van der Waals surface area (Å²) in [5.74, 6) is 1.01. The van der Waals surface area contributed by atoms with Crippen LogP contribution in [0.1, 0.15) is 30.4 Å². The molecule has 1 aromatic carbocycles. The normalized spacial score (nSPS) is 10.3. The van der Waals surface area contributed by atoms with Crippen molar-refractivity contribution in [1.29, 1.82) is 0 Å². The van der Waals surface area contributed by atoms with Crippen molar-refractivity contribution >= 4 is 15.9 Å². The van der Waals surface area contributed by atoms with E-state index in [9.17, 15) is 0 Å². The van der Waals surface area contributed by atoms with Gasteiger partial charge in [-0.25, -0.2) is 0 Å². The Balaban J connectivity index is 2.31. The molecule has 0 aliphatic rings. The third-order valence-corrected chi connectivity index (χ3v) is 2.80. The van der Waals surface area contributed by atoms with E-state index in [0.29, 0.717) is 0 Å². The third kappa shape index (κ3) is 5.22. The van der Waals surface area contributed by atoms with Gasteiger partial charge in [-0.2, -0.15) is 0 Å². The molecular weight excluding hydrogens is 252 g/mol. The largest absolute Gasteiger partial charge is 0.494 e. The van der Waals surface area contributed by atoms with Gasteiger partial charge in [-0.05, 0) is 56.4 Å².